The summed E-state index contributed by atoms with van der Waals surface area (Å²) in [5.41, 5.74) is 3.70. The smallest absolute Gasteiger partial charge is 0.315 e. The molecule has 1 aromatic heterocycles. The van der Waals surface area contributed by atoms with E-state index in [0.29, 0.717) is 13.1 Å². The van der Waals surface area contributed by atoms with Crippen LogP contribution in [0.2, 0.25) is 0 Å². The van der Waals surface area contributed by atoms with Gasteiger partial charge in [-0.25, -0.2) is 9.78 Å². The molecule has 2 aromatic carbocycles. The third-order valence-corrected chi connectivity index (χ3v) is 5.89. The molecule has 0 aliphatic carbocycles. The van der Waals surface area contributed by atoms with E-state index in [1.54, 1.807) is 0 Å². The van der Waals surface area contributed by atoms with Crippen molar-refractivity contribution < 1.29 is 4.79 Å². The molecule has 0 radical (unpaired) electrons. The zero-order chi connectivity index (χ0) is 21.5. The molecule has 1 saturated heterocycles. The fraction of sp³-hybridized carbons (Fsp3) is 0.360. The minimum Gasteiger partial charge on any atom is -0.368 e. The van der Waals surface area contributed by atoms with Gasteiger partial charge in [0.25, 0.3) is 0 Å². The Kier molecular flexibility index (Phi) is 6.99. The van der Waals surface area contributed by atoms with E-state index in [0.717, 1.165) is 49.2 Å². The van der Waals surface area contributed by atoms with Crippen LogP contribution < -0.4 is 16.0 Å². The molecule has 3 aromatic rings. The van der Waals surface area contributed by atoms with Crippen molar-refractivity contribution in [2.45, 2.75) is 32.4 Å². The number of para-hydroxylation sites is 1. The fourth-order valence-electron chi connectivity index (χ4n) is 4.03. The Labute approximate surface area is 184 Å². The molecule has 31 heavy (non-hydrogen) atoms. The van der Waals surface area contributed by atoms with Crippen molar-refractivity contribution in [1.29, 1.82) is 0 Å². The number of benzene rings is 2. The lowest BCUT2D eigenvalue weighted by Gasteiger charge is -2.32. The molecule has 2 heterocycles. The van der Waals surface area contributed by atoms with Crippen LogP contribution in [0.4, 0.5) is 10.6 Å². The van der Waals surface area contributed by atoms with E-state index in [1.807, 2.05) is 30.3 Å². The lowest BCUT2D eigenvalue weighted by molar-refractivity contribution is 0.186. The van der Waals surface area contributed by atoms with Crippen LogP contribution in [0.3, 0.4) is 0 Å². The Balaban J connectivity index is 1.13. The minimum absolute atomic E-state index is 0.0920. The van der Waals surface area contributed by atoms with Crippen LogP contribution in [-0.2, 0) is 6.54 Å². The first-order valence-corrected chi connectivity index (χ1v) is 11.1. The van der Waals surface area contributed by atoms with Crippen molar-refractivity contribution in [2.75, 3.05) is 31.5 Å². The molecule has 162 valence electrons. The number of hydrogen-bond donors (Lipinski definition) is 3. The number of nitrogens with zero attached hydrogens (tertiary/aromatic N) is 2. The Morgan fingerprint density at radius 3 is 2.61 bits per heavy atom. The summed E-state index contributed by atoms with van der Waals surface area (Å²) < 4.78 is 0. The van der Waals surface area contributed by atoms with Gasteiger partial charge >= 0.3 is 6.03 Å². The largest absolute Gasteiger partial charge is 0.368 e. The number of aryl methyl sites for hydroxylation is 1. The van der Waals surface area contributed by atoms with Gasteiger partial charge in [0, 0.05) is 44.2 Å². The summed E-state index contributed by atoms with van der Waals surface area (Å²) in [7, 11) is 0. The van der Waals surface area contributed by atoms with Gasteiger partial charge < -0.3 is 16.0 Å². The number of carbonyl (C=O) groups is 1. The quantitative estimate of drug-likeness (QED) is 0.510. The van der Waals surface area contributed by atoms with Crippen molar-refractivity contribution >= 4 is 22.8 Å². The van der Waals surface area contributed by atoms with E-state index in [9.17, 15) is 4.79 Å². The van der Waals surface area contributed by atoms with Gasteiger partial charge in [-0.2, -0.15) is 0 Å². The SMILES string of the molecule is Cc1ccccc1CN1CCC(NC(=O)NCCNc2ccc3ccccc3n2)CC1. The zero-order valence-electron chi connectivity index (χ0n) is 18.1. The minimum atomic E-state index is -0.0920. The van der Waals surface area contributed by atoms with Crippen LogP contribution in [0.15, 0.2) is 60.7 Å². The molecular formula is C25H31N5O. The van der Waals surface area contributed by atoms with Gasteiger partial charge in [0.05, 0.1) is 5.52 Å². The molecule has 3 N–H and O–H groups in total. The van der Waals surface area contributed by atoms with Crippen molar-refractivity contribution in [2.24, 2.45) is 0 Å². The van der Waals surface area contributed by atoms with Crippen LogP contribution >= 0.6 is 0 Å². The van der Waals surface area contributed by atoms with Gasteiger partial charge in [0.15, 0.2) is 0 Å². The van der Waals surface area contributed by atoms with E-state index in [-0.39, 0.29) is 12.1 Å². The van der Waals surface area contributed by atoms with Gasteiger partial charge in [0.2, 0.25) is 0 Å². The van der Waals surface area contributed by atoms with Gasteiger partial charge in [-0.1, -0.05) is 42.5 Å². The molecule has 1 aliphatic heterocycles. The molecule has 0 bridgehead atoms. The molecule has 6 nitrogen and oxygen atoms in total. The molecule has 0 unspecified atom stereocenters. The predicted octanol–water partition coefficient (Wildman–Crippen LogP) is 3.92. The highest BCUT2D eigenvalue weighted by atomic mass is 16.2. The first kappa shape index (κ1) is 21.1. The van der Waals surface area contributed by atoms with Gasteiger partial charge in [0.1, 0.15) is 5.82 Å². The van der Waals surface area contributed by atoms with Gasteiger partial charge in [-0.3, -0.25) is 4.90 Å². The van der Waals surface area contributed by atoms with Gasteiger partial charge in [-0.15, -0.1) is 0 Å². The van der Waals surface area contributed by atoms with Crippen LogP contribution in [0.1, 0.15) is 24.0 Å². The van der Waals surface area contributed by atoms with E-state index >= 15 is 0 Å². The standard InChI is InChI=1S/C25H31N5O/c1-19-6-2-3-8-21(19)18-30-16-12-22(13-17-30)28-25(31)27-15-14-26-24-11-10-20-7-4-5-9-23(20)29-24/h2-11,22H,12-18H2,1H3,(H,26,29)(H2,27,28,31). The Morgan fingerprint density at radius 2 is 1.77 bits per heavy atom. The average Bonchev–Trinajstić information content (AvgIpc) is 2.79. The maximum Gasteiger partial charge on any atom is 0.315 e. The number of nitrogens with one attached hydrogen (secondary N) is 3. The average molecular weight is 418 g/mol. The summed E-state index contributed by atoms with van der Waals surface area (Å²) in [6.45, 7) is 6.35. The lowest BCUT2D eigenvalue weighted by atomic mass is 10.0. The number of fused-ring (bicyclic) bond motifs is 1. The summed E-state index contributed by atoms with van der Waals surface area (Å²) in [6.07, 6.45) is 1.97. The number of likely N-dealkylation sites (tertiary alicyclic amines) is 1. The first-order valence-electron chi connectivity index (χ1n) is 11.1. The summed E-state index contributed by atoms with van der Waals surface area (Å²) >= 11 is 0. The van der Waals surface area contributed by atoms with E-state index in [4.69, 9.17) is 0 Å². The number of pyridine rings is 1. The Morgan fingerprint density at radius 1 is 1.00 bits per heavy atom. The van der Waals surface area contributed by atoms with E-state index in [2.05, 4.69) is 63.1 Å². The van der Waals surface area contributed by atoms with Gasteiger partial charge in [-0.05, 0) is 49.1 Å². The van der Waals surface area contributed by atoms with Crippen molar-refractivity contribution in [3.63, 3.8) is 0 Å². The second-order valence-corrected chi connectivity index (χ2v) is 8.19. The van der Waals surface area contributed by atoms with Crippen LogP contribution in [-0.4, -0.2) is 48.1 Å². The number of aromatic nitrogens is 1. The highest BCUT2D eigenvalue weighted by Gasteiger charge is 2.20. The van der Waals surface area contributed by atoms with E-state index in [1.165, 1.54) is 11.1 Å². The molecule has 0 atom stereocenters. The summed E-state index contributed by atoms with van der Waals surface area (Å²) in [5.74, 6) is 0.821. The van der Waals surface area contributed by atoms with Crippen molar-refractivity contribution in [3.8, 4) is 0 Å². The van der Waals surface area contributed by atoms with Crippen LogP contribution in [0, 0.1) is 6.92 Å². The molecule has 1 aliphatic rings. The monoisotopic (exact) mass is 417 g/mol. The third-order valence-electron chi connectivity index (χ3n) is 5.89. The summed E-state index contributed by atoms with van der Waals surface area (Å²) in [4.78, 5) is 19.3. The zero-order valence-corrected chi connectivity index (χ0v) is 18.1. The molecular weight excluding hydrogens is 386 g/mol. The highest BCUT2D eigenvalue weighted by Crippen LogP contribution is 2.16. The summed E-state index contributed by atoms with van der Waals surface area (Å²) in [6, 6.07) is 20.8. The number of rotatable bonds is 7. The van der Waals surface area contributed by atoms with Crippen LogP contribution in [0.5, 0.6) is 0 Å². The predicted molar refractivity (Wildman–Crippen MR) is 126 cm³/mol. The summed E-state index contributed by atoms with van der Waals surface area (Å²) in [5, 5.41) is 10.4. The second kappa shape index (κ2) is 10.3. The Bertz CT molecular complexity index is 1010. The Hall–Kier alpha value is -3.12. The van der Waals surface area contributed by atoms with Crippen molar-refractivity contribution in [3.05, 3.63) is 71.8 Å². The molecule has 4 rings (SSSR count). The second-order valence-electron chi connectivity index (χ2n) is 8.19. The van der Waals surface area contributed by atoms with Crippen molar-refractivity contribution in [1.82, 2.24) is 20.5 Å². The molecule has 1 fully saturated rings. The maximum absolute atomic E-state index is 12.2. The lowest BCUT2D eigenvalue weighted by Crippen LogP contribution is -2.48. The van der Waals surface area contributed by atoms with E-state index < -0.39 is 0 Å². The maximum atomic E-state index is 12.2. The number of urea groups is 1. The number of hydrogen-bond acceptors (Lipinski definition) is 4. The number of anilines is 1. The van der Waals surface area contributed by atoms with Crippen LogP contribution in [0.25, 0.3) is 10.9 Å². The number of carbonyl (C=O) groups excluding carboxylic acids is 1. The molecule has 2 amide bonds. The fourth-order valence-corrected chi connectivity index (χ4v) is 4.03. The normalized spacial score (nSPS) is 15.0. The first-order chi connectivity index (χ1) is 15.2. The highest BCUT2D eigenvalue weighted by molar-refractivity contribution is 5.80. The molecule has 0 spiro atoms. The topological polar surface area (TPSA) is 69.3 Å². The molecule has 6 heteroatoms. The number of amides is 2. The third kappa shape index (κ3) is 5.95. The molecule has 0 saturated carbocycles. The number of piperidine rings is 1.